The second kappa shape index (κ2) is 12.5. The minimum atomic E-state index is -0.453. The first kappa shape index (κ1) is 24.1. The van der Waals surface area contributed by atoms with Crippen LogP contribution in [0.25, 0.3) is 0 Å². The van der Waals surface area contributed by atoms with Gasteiger partial charge in [-0.1, -0.05) is 0 Å². The van der Waals surface area contributed by atoms with E-state index in [4.69, 9.17) is 10.5 Å². The number of amides is 1. The Kier molecular flexibility index (Phi) is 11.2. The van der Waals surface area contributed by atoms with Crippen molar-refractivity contribution in [2.75, 3.05) is 79.5 Å². The van der Waals surface area contributed by atoms with Crippen molar-refractivity contribution in [2.24, 2.45) is 5.73 Å². The van der Waals surface area contributed by atoms with Crippen LogP contribution in [0.3, 0.4) is 0 Å². The van der Waals surface area contributed by atoms with Crippen LogP contribution in [0.5, 0.6) is 0 Å². The van der Waals surface area contributed by atoms with E-state index < -0.39 is 5.60 Å². The van der Waals surface area contributed by atoms with E-state index in [1.165, 1.54) is 0 Å². The van der Waals surface area contributed by atoms with Gasteiger partial charge >= 0.3 is 6.09 Å². The second-order valence-corrected chi connectivity index (χ2v) is 8.76. The predicted molar refractivity (Wildman–Crippen MR) is 112 cm³/mol. The van der Waals surface area contributed by atoms with E-state index in [9.17, 15) is 4.79 Å². The van der Waals surface area contributed by atoms with E-state index in [0.29, 0.717) is 6.54 Å². The van der Waals surface area contributed by atoms with E-state index in [1.807, 2.05) is 25.7 Å². The summed E-state index contributed by atoms with van der Waals surface area (Å²) < 4.78 is 5.60. The lowest BCUT2D eigenvalue weighted by Gasteiger charge is -2.31. The standard InChI is InChI=1S/C20H43N5O2/c1-20(2,3)27-19(26)25-14-8-11-22(4)15-17-24(12-6-9-21)13-7-10-23(5)16-18-25/h6-18,21H2,1-5H3. The van der Waals surface area contributed by atoms with Crippen LogP contribution >= 0.6 is 0 Å². The molecule has 160 valence electrons. The minimum absolute atomic E-state index is 0.196. The molecule has 7 heteroatoms. The number of likely N-dealkylation sites (N-methyl/N-ethyl adjacent to an activating group) is 2. The van der Waals surface area contributed by atoms with E-state index in [0.717, 1.165) is 78.2 Å². The molecule has 1 amide bonds. The molecule has 2 N–H and O–H groups in total. The lowest BCUT2D eigenvalue weighted by molar-refractivity contribution is 0.0228. The molecule has 1 aliphatic rings. The molecule has 0 aromatic heterocycles. The summed E-state index contributed by atoms with van der Waals surface area (Å²) in [7, 11) is 4.30. The number of nitrogens with zero attached hydrogens (tertiary/aromatic N) is 4. The zero-order valence-corrected chi connectivity index (χ0v) is 18.4. The summed E-state index contributed by atoms with van der Waals surface area (Å²) in [4.78, 5) is 21.6. The number of ether oxygens (including phenoxy) is 1. The van der Waals surface area contributed by atoms with Crippen LogP contribution < -0.4 is 5.73 Å². The van der Waals surface area contributed by atoms with E-state index in [2.05, 4.69) is 28.8 Å². The maximum atomic E-state index is 12.5. The Hall–Kier alpha value is -0.890. The van der Waals surface area contributed by atoms with Crippen LogP contribution in [-0.4, -0.2) is 111 Å². The summed E-state index contributed by atoms with van der Waals surface area (Å²) >= 11 is 0. The third-order valence-electron chi connectivity index (χ3n) is 4.86. The van der Waals surface area contributed by atoms with Gasteiger partial charge in [0.15, 0.2) is 0 Å². The summed E-state index contributed by atoms with van der Waals surface area (Å²) in [5.41, 5.74) is 5.24. The Morgan fingerprint density at radius 3 is 2.07 bits per heavy atom. The van der Waals surface area contributed by atoms with E-state index in [1.54, 1.807) is 0 Å². The quantitative estimate of drug-likeness (QED) is 0.795. The molecule has 7 nitrogen and oxygen atoms in total. The van der Waals surface area contributed by atoms with Crippen LogP contribution in [-0.2, 0) is 4.74 Å². The number of rotatable bonds is 3. The third-order valence-corrected chi connectivity index (χ3v) is 4.86. The molecule has 0 aromatic carbocycles. The highest BCUT2D eigenvalue weighted by atomic mass is 16.6. The molecule has 1 rings (SSSR count). The molecule has 0 aromatic rings. The molecule has 0 aliphatic carbocycles. The summed E-state index contributed by atoms with van der Waals surface area (Å²) in [5, 5.41) is 0. The molecule has 0 bridgehead atoms. The summed E-state index contributed by atoms with van der Waals surface area (Å²) in [6, 6.07) is 0. The van der Waals surface area contributed by atoms with Crippen LogP contribution in [0.4, 0.5) is 4.79 Å². The highest BCUT2D eigenvalue weighted by molar-refractivity contribution is 5.68. The third kappa shape index (κ3) is 11.5. The van der Waals surface area contributed by atoms with Gasteiger partial charge < -0.3 is 30.1 Å². The average molecular weight is 386 g/mol. The van der Waals surface area contributed by atoms with Gasteiger partial charge in [-0.15, -0.1) is 0 Å². The number of nitrogens with two attached hydrogens (primary N) is 1. The van der Waals surface area contributed by atoms with E-state index >= 15 is 0 Å². The molecule has 0 saturated carbocycles. The van der Waals surface area contributed by atoms with Gasteiger partial charge in [0.05, 0.1) is 0 Å². The Bertz CT molecular complexity index is 414. The van der Waals surface area contributed by atoms with Gasteiger partial charge in [-0.25, -0.2) is 4.79 Å². The van der Waals surface area contributed by atoms with Crippen LogP contribution in [0.15, 0.2) is 0 Å². The Balaban J connectivity index is 2.64. The normalized spacial score (nSPS) is 21.0. The first-order chi connectivity index (χ1) is 12.7. The van der Waals surface area contributed by atoms with Gasteiger partial charge in [0.1, 0.15) is 5.60 Å². The summed E-state index contributed by atoms with van der Waals surface area (Å²) in [6.45, 7) is 15.2. The van der Waals surface area contributed by atoms with Crippen molar-refractivity contribution in [1.82, 2.24) is 19.6 Å². The van der Waals surface area contributed by atoms with Crippen molar-refractivity contribution in [2.45, 2.75) is 45.6 Å². The largest absolute Gasteiger partial charge is 0.444 e. The van der Waals surface area contributed by atoms with Gasteiger partial charge in [0.2, 0.25) is 0 Å². The summed E-state index contributed by atoms with van der Waals surface area (Å²) in [6.07, 6.45) is 2.96. The molecule has 1 heterocycles. The first-order valence-corrected chi connectivity index (χ1v) is 10.5. The average Bonchev–Trinajstić information content (AvgIpc) is 2.57. The first-order valence-electron chi connectivity index (χ1n) is 10.5. The molecule has 0 unspecified atom stereocenters. The van der Waals surface area contributed by atoms with Crippen LogP contribution in [0.1, 0.15) is 40.0 Å². The molecular weight excluding hydrogens is 342 g/mol. The van der Waals surface area contributed by atoms with Crippen molar-refractivity contribution < 1.29 is 9.53 Å². The maximum Gasteiger partial charge on any atom is 0.410 e. The van der Waals surface area contributed by atoms with Crippen molar-refractivity contribution in [3.63, 3.8) is 0 Å². The predicted octanol–water partition coefficient (Wildman–Crippen LogP) is 1.53. The fourth-order valence-corrected chi connectivity index (χ4v) is 3.19. The number of carbonyl (C=O) groups excluding carboxylic acids is 1. The lowest BCUT2D eigenvalue weighted by Crippen LogP contribution is -2.43. The lowest BCUT2D eigenvalue weighted by atomic mass is 10.2. The fraction of sp³-hybridized carbons (Fsp3) is 0.950. The van der Waals surface area contributed by atoms with Crippen molar-refractivity contribution in [3.8, 4) is 0 Å². The van der Waals surface area contributed by atoms with E-state index in [-0.39, 0.29) is 6.09 Å². The van der Waals surface area contributed by atoms with Gasteiger partial charge in [-0.05, 0) is 86.9 Å². The number of hydrogen-bond acceptors (Lipinski definition) is 6. The van der Waals surface area contributed by atoms with Gasteiger partial charge in [-0.3, -0.25) is 0 Å². The SMILES string of the molecule is CN1CCCN(C(=O)OC(C)(C)C)CCN(C)CCCN(CCCN)CC1. The second-order valence-electron chi connectivity index (χ2n) is 8.76. The minimum Gasteiger partial charge on any atom is -0.444 e. The molecular formula is C20H43N5O2. The maximum absolute atomic E-state index is 12.5. The van der Waals surface area contributed by atoms with Crippen LogP contribution in [0, 0.1) is 0 Å². The van der Waals surface area contributed by atoms with Crippen LogP contribution in [0.2, 0.25) is 0 Å². The molecule has 0 radical (unpaired) electrons. The monoisotopic (exact) mass is 385 g/mol. The zero-order chi connectivity index (χ0) is 20.3. The van der Waals surface area contributed by atoms with Crippen molar-refractivity contribution >= 4 is 6.09 Å². The molecule has 1 fully saturated rings. The zero-order valence-electron chi connectivity index (χ0n) is 18.4. The Labute approximate surface area is 166 Å². The van der Waals surface area contributed by atoms with Crippen molar-refractivity contribution in [3.05, 3.63) is 0 Å². The highest BCUT2D eigenvalue weighted by Crippen LogP contribution is 2.11. The van der Waals surface area contributed by atoms with Gasteiger partial charge in [0, 0.05) is 32.7 Å². The van der Waals surface area contributed by atoms with Crippen molar-refractivity contribution in [1.29, 1.82) is 0 Å². The smallest absolute Gasteiger partial charge is 0.410 e. The Morgan fingerprint density at radius 1 is 0.889 bits per heavy atom. The van der Waals surface area contributed by atoms with Gasteiger partial charge in [0.25, 0.3) is 0 Å². The molecule has 0 atom stereocenters. The highest BCUT2D eigenvalue weighted by Gasteiger charge is 2.22. The summed E-state index contributed by atoms with van der Waals surface area (Å²) in [5.74, 6) is 0. The van der Waals surface area contributed by atoms with Gasteiger partial charge in [-0.2, -0.15) is 0 Å². The number of hydrogen-bond donors (Lipinski definition) is 1. The fourth-order valence-electron chi connectivity index (χ4n) is 3.19. The topological polar surface area (TPSA) is 65.3 Å². The number of carbonyl (C=O) groups is 1. The molecule has 27 heavy (non-hydrogen) atoms. The molecule has 1 saturated heterocycles. The molecule has 1 aliphatic heterocycles. The molecule has 0 spiro atoms. The Morgan fingerprint density at radius 2 is 1.48 bits per heavy atom.